The zero-order valence-corrected chi connectivity index (χ0v) is 18.5. The molecule has 2 amide bonds. The molecule has 0 aliphatic rings. The lowest BCUT2D eigenvalue weighted by Gasteiger charge is -2.29. The van der Waals surface area contributed by atoms with Crippen LogP contribution in [0, 0.1) is 0 Å². The van der Waals surface area contributed by atoms with Gasteiger partial charge in [-0.1, -0.05) is 48.5 Å². The summed E-state index contributed by atoms with van der Waals surface area (Å²) in [5, 5.41) is 2.92. The van der Waals surface area contributed by atoms with E-state index in [0.717, 1.165) is 22.4 Å². The van der Waals surface area contributed by atoms with Crippen LogP contribution in [0.5, 0.6) is 5.75 Å². The fourth-order valence-corrected chi connectivity index (χ4v) is 3.39. The number of hydrogen-bond donors (Lipinski definition) is 1. The summed E-state index contributed by atoms with van der Waals surface area (Å²) in [6.07, 6.45) is 4.37. The van der Waals surface area contributed by atoms with Gasteiger partial charge in [-0.05, 0) is 48.2 Å². The van der Waals surface area contributed by atoms with Crippen LogP contribution in [0.25, 0.3) is 0 Å². The largest absolute Gasteiger partial charge is 0.497 e. The number of pyridine rings is 1. The molecule has 3 aromatic rings. The van der Waals surface area contributed by atoms with Gasteiger partial charge in [0.15, 0.2) is 0 Å². The van der Waals surface area contributed by atoms with Gasteiger partial charge >= 0.3 is 0 Å². The minimum Gasteiger partial charge on any atom is -0.497 e. The zero-order chi connectivity index (χ0) is 22.8. The number of benzene rings is 2. The third-order valence-corrected chi connectivity index (χ3v) is 5.34. The van der Waals surface area contributed by atoms with Crippen molar-refractivity contribution in [2.45, 2.75) is 38.9 Å². The highest BCUT2D eigenvalue weighted by Crippen LogP contribution is 2.16. The Morgan fingerprint density at radius 1 is 0.969 bits per heavy atom. The van der Waals surface area contributed by atoms with Crippen LogP contribution in [0.3, 0.4) is 0 Å². The standard InChI is InChI=1S/C26H29N3O3/c1-20(26(31)28-18-23-9-6-16-27-17-23)29(19-22-10-13-24(32-2)14-11-22)25(30)15-12-21-7-4-3-5-8-21/h3-11,13-14,16-17,20H,12,15,18-19H2,1-2H3,(H,28,31)/t20-/m0/s1. The monoisotopic (exact) mass is 431 g/mol. The average Bonchev–Trinajstić information content (AvgIpc) is 2.85. The second kappa shape index (κ2) is 11.6. The number of aryl methyl sites for hydroxylation is 1. The van der Waals surface area contributed by atoms with Crippen molar-refractivity contribution >= 4 is 11.8 Å². The number of hydrogen-bond acceptors (Lipinski definition) is 4. The molecule has 0 saturated carbocycles. The van der Waals surface area contributed by atoms with E-state index in [1.807, 2.05) is 66.7 Å². The molecular formula is C26H29N3O3. The van der Waals surface area contributed by atoms with Crippen LogP contribution in [-0.2, 0) is 29.1 Å². The second-order valence-electron chi connectivity index (χ2n) is 7.61. The predicted molar refractivity (Wildman–Crippen MR) is 124 cm³/mol. The predicted octanol–water partition coefficient (Wildman–Crippen LogP) is 3.76. The van der Waals surface area contributed by atoms with Gasteiger partial charge in [-0.15, -0.1) is 0 Å². The van der Waals surface area contributed by atoms with Gasteiger partial charge < -0.3 is 15.0 Å². The summed E-state index contributed by atoms with van der Waals surface area (Å²) in [6, 6.07) is 20.5. The summed E-state index contributed by atoms with van der Waals surface area (Å²) in [7, 11) is 1.61. The van der Waals surface area contributed by atoms with E-state index in [-0.39, 0.29) is 11.8 Å². The molecule has 1 aromatic heterocycles. The summed E-state index contributed by atoms with van der Waals surface area (Å²) in [6.45, 7) is 2.48. The molecule has 1 atom stereocenters. The highest BCUT2D eigenvalue weighted by molar-refractivity contribution is 5.87. The molecule has 0 bridgehead atoms. The number of amides is 2. The van der Waals surface area contributed by atoms with Gasteiger partial charge in [-0.3, -0.25) is 14.6 Å². The molecule has 1 heterocycles. The minimum atomic E-state index is -0.614. The Hall–Kier alpha value is -3.67. The molecule has 0 spiro atoms. The zero-order valence-electron chi connectivity index (χ0n) is 18.5. The van der Waals surface area contributed by atoms with Crippen molar-refractivity contribution in [3.8, 4) is 5.75 Å². The van der Waals surface area contributed by atoms with Crippen LogP contribution in [-0.4, -0.2) is 34.8 Å². The van der Waals surface area contributed by atoms with Crippen molar-refractivity contribution in [1.29, 1.82) is 0 Å². The third kappa shape index (κ3) is 6.67. The minimum absolute atomic E-state index is 0.0614. The first-order valence-electron chi connectivity index (χ1n) is 10.7. The van der Waals surface area contributed by atoms with Crippen molar-refractivity contribution in [1.82, 2.24) is 15.2 Å². The first kappa shape index (κ1) is 23.0. The molecule has 6 nitrogen and oxygen atoms in total. The molecule has 0 unspecified atom stereocenters. The first-order valence-corrected chi connectivity index (χ1v) is 10.7. The molecule has 1 N–H and O–H groups in total. The SMILES string of the molecule is COc1ccc(CN(C(=O)CCc2ccccc2)[C@@H](C)C(=O)NCc2cccnc2)cc1. The fourth-order valence-electron chi connectivity index (χ4n) is 3.39. The summed E-state index contributed by atoms with van der Waals surface area (Å²) >= 11 is 0. The Morgan fingerprint density at radius 3 is 2.34 bits per heavy atom. The number of aromatic nitrogens is 1. The maximum atomic E-state index is 13.2. The number of nitrogens with zero attached hydrogens (tertiary/aromatic N) is 2. The lowest BCUT2D eigenvalue weighted by Crippen LogP contribution is -2.47. The Bertz CT molecular complexity index is 992. The second-order valence-corrected chi connectivity index (χ2v) is 7.61. The topological polar surface area (TPSA) is 71.5 Å². The maximum Gasteiger partial charge on any atom is 0.242 e. The fraction of sp³-hybridized carbons (Fsp3) is 0.269. The van der Waals surface area contributed by atoms with Crippen molar-refractivity contribution in [2.75, 3.05) is 7.11 Å². The molecule has 166 valence electrons. The molecule has 2 aromatic carbocycles. The van der Waals surface area contributed by atoms with Gasteiger partial charge in [-0.25, -0.2) is 0 Å². The van der Waals surface area contributed by atoms with E-state index in [2.05, 4.69) is 10.3 Å². The van der Waals surface area contributed by atoms with E-state index < -0.39 is 6.04 Å². The van der Waals surface area contributed by atoms with Crippen molar-refractivity contribution < 1.29 is 14.3 Å². The molecule has 0 aliphatic heterocycles. The van der Waals surface area contributed by atoms with E-state index in [0.29, 0.717) is 25.9 Å². The van der Waals surface area contributed by atoms with Crippen LogP contribution in [0.4, 0.5) is 0 Å². The highest BCUT2D eigenvalue weighted by Gasteiger charge is 2.25. The van der Waals surface area contributed by atoms with E-state index in [9.17, 15) is 9.59 Å². The normalized spacial score (nSPS) is 11.4. The summed E-state index contributed by atoms with van der Waals surface area (Å²) < 4.78 is 5.22. The van der Waals surface area contributed by atoms with Crippen LogP contribution >= 0.6 is 0 Å². The van der Waals surface area contributed by atoms with Gasteiger partial charge in [0.2, 0.25) is 11.8 Å². The molecule has 0 fully saturated rings. The van der Waals surface area contributed by atoms with Gasteiger partial charge in [-0.2, -0.15) is 0 Å². The number of ether oxygens (including phenoxy) is 1. The van der Waals surface area contributed by atoms with E-state index in [4.69, 9.17) is 4.74 Å². The molecule has 32 heavy (non-hydrogen) atoms. The average molecular weight is 432 g/mol. The lowest BCUT2D eigenvalue weighted by atomic mass is 10.1. The molecule has 0 aliphatic carbocycles. The lowest BCUT2D eigenvalue weighted by molar-refractivity contribution is -0.140. The molecule has 0 saturated heterocycles. The number of nitrogens with one attached hydrogen (secondary N) is 1. The van der Waals surface area contributed by atoms with Crippen LogP contribution in [0.2, 0.25) is 0 Å². The van der Waals surface area contributed by atoms with Crippen LogP contribution in [0.1, 0.15) is 30.0 Å². The summed E-state index contributed by atoms with van der Waals surface area (Å²) in [4.78, 5) is 31.8. The van der Waals surface area contributed by atoms with Crippen molar-refractivity contribution in [3.63, 3.8) is 0 Å². The summed E-state index contributed by atoms with van der Waals surface area (Å²) in [5.74, 6) is 0.488. The Labute approximate surface area is 189 Å². The third-order valence-electron chi connectivity index (χ3n) is 5.34. The van der Waals surface area contributed by atoms with Gasteiger partial charge in [0.1, 0.15) is 11.8 Å². The smallest absolute Gasteiger partial charge is 0.242 e. The van der Waals surface area contributed by atoms with Crippen LogP contribution in [0.15, 0.2) is 79.1 Å². The molecule has 3 rings (SSSR count). The van der Waals surface area contributed by atoms with Crippen molar-refractivity contribution in [3.05, 3.63) is 95.8 Å². The molecular weight excluding hydrogens is 402 g/mol. The van der Waals surface area contributed by atoms with Crippen molar-refractivity contribution in [2.24, 2.45) is 0 Å². The number of rotatable bonds is 10. The van der Waals surface area contributed by atoms with Gasteiger partial charge in [0, 0.05) is 31.9 Å². The van der Waals surface area contributed by atoms with Crippen LogP contribution < -0.4 is 10.1 Å². The number of methoxy groups -OCH3 is 1. The molecule has 6 heteroatoms. The summed E-state index contributed by atoms with van der Waals surface area (Å²) in [5.41, 5.74) is 2.94. The first-order chi connectivity index (χ1) is 15.6. The van der Waals surface area contributed by atoms with E-state index in [1.54, 1.807) is 31.3 Å². The Morgan fingerprint density at radius 2 is 1.69 bits per heavy atom. The Balaban J connectivity index is 1.69. The molecule has 0 radical (unpaired) electrons. The number of carbonyl (C=O) groups is 2. The van der Waals surface area contributed by atoms with Gasteiger partial charge in [0.25, 0.3) is 0 Å². The number of carbonyl (C=O) groups excluding carboxylic acids is 2. The maximum absolute atomic E-state index is 13.2. The van der Waals surface area contributed by atoms with Gasteiger partial charge in [0.05, 0.1) is 7.11 Å². The highest BCUT2D eigenvalue weighted by atomic mass is 16.5. The Kier molecular flexibility index (Phi) is 8.37. The van der Waals surface area contributed by atoms with E-state index in [1.165, 1.54) is 0 Å². The van der Waals surface area contributed by atoms with E-state index >= 15 is 0 Å². The quantitative estimate of drug-likeness (QED) is 0.531.